The van der Waals surface area contributed by atoms with Gasteiger partial charge >= 0.3 is 0 Å². The Morgan fingerprint density at radius 2 is 1.81 bits per heavy atom. The van der Waals surface area contributed by atoms with Crippen molar-refractivity contribution < 1.29 is 4.79 Å². The van der Waals surface area contributed by atoms with Gasteiger partial charge in [0.15, 0.2) is 5.78 Å². The van der Waals surface area contributed by atoms with Crippen LogP contribution < -0.4 is 0 Å². The molecule has 1 unspecified atom stereocenters. The average Bonchev–Trinajstić information content (AvgIpc) is 2.49. The number of nitrogens with zero attached hydrogens (tertiary/aromatic N) is 1. The highest BCUT2D eigenvalue weighted by atomic mass is 79.9. The normalized spacial score (nSPS) is 12.4. The molecule has 21 heavy (non-hydrogen) atoms. The van der Waals surface area contributed by atoms with E-state index in [1.165, 1.54) is 0 Å². The van der Waals surface area contributed by atoms with Gasteiger partial charge in [0.05, 0.1) is 6.04 Å². The number of likely N-dealkylation sites (N-methyl/N-ethyl adjacent to an activating group) is 1. The van der Waals surface area contributed by atoms with Gasteiger partial charge in [-0.1, -0.05) is 45.7 Å². The molecule has 0 saturated carbocycles. The lowest BCUT2D eigenvalue weighted by molar-refractivity contribution is 0.0862. The van der Waals surface area contributed by atoms with E-state index in [0.717, 1.165) is 10.0 Å². The van der Waals surface area contributed by atoms with Crippen LogP contribution in [0.3, 0.4) is 0 Å². The van der Waals surface area contributed by atoms with Crippen molar-refractivity contribution in [2.45, 2.75) is 19.5 Å². The van der Waals surface area contributed by atoms with Crippen molar-refractivity contribution in [2.75, 3.05) is 7.05 Å². The van der Waals surface area contributed by atoms with Gasteiger partial charge < -0.3 is 0 Å². The summed E-state index contributed by atoms with van der Waals surface area (Å²) in [6.45, 7) is 2.63. The number of halogens is 2. The Labute approximate surface area is 138 Å². The molecule has 0 spiro atoms. The van der Waals surface area contributed by atoms with E-state index in [0.29, 0.717) is 17.1 Å². The van der Waals surface area contributed by atoms with Gasteiger partial charge in [0.1, 0.15) is 0 Å². The van der Waals surface area contributed by atoms with E-state index >= 15 is 0 Å². The van der Waals surface area contributed by atoms with Crippen LogP contribution in [0, 0.1) is 0 Å². The van der Waals surface area contributed by atoms with E-state index in [4.69, 9.17) is 11.6 Å². The van der Waals surface area contributed by atoms with Crippen molar-refractivity contribution in [2.24, 2.45) is 0 Å². The maximum Gasteiger partial charge on any atom is 0.179 e. The zero-order chi connectivity index (χ0) is 15.4. The molecular weight excluding hydrogens is 350 g/mol. The average molecular weight is 367 g/mol. The third-order valence-electron chi connectivity index (χ3n) is 3.55. The summed E-state index contributed by atoms with van der Waals surface area (Å²) in [6.07, 6.45) is 0. The van der Waals surface area contributed by atoms with Gasteiger partial charge in [-0.05, 0) is 49.9 Å². The van der Waals surface area contributed by atoms with Crippen LogP contribution in [0.15, 0.2) is 53.0 Å². The molecule has 0 saturated heterocycles. The highest BCUT2D eigenvalue weighted by Gasteiger charge is 2.20. The Morgan fingerprint density at radius 1 is 1.19 bits per heavy atom. The summed E-state index contributed by atoms with van der Waals surface area (Å²) in [4.78, 5) is 14.5. The zero-order valence-electron chi connectivity index (χ0n) is 12.0. The predicted molar refractivity (Wildman–Crippen MR) is 90.9 cm³/mol. The predicted octanol–water partition coefficient (Wildman–Crippen LogP) is 4.81. The molecule has 0 fully saturated rings. The van der Waals surface area contributed by atoms with Crippen molar-refractivity contribution in [3.63, 3.8) is 0 Å². The first-order chi connectivity index (χ1) is 9.99. The molecule has 0 aliphatic carbocycles. The third-order valence-corrected chi connectivity index (χ3v) is 4.57. The molecule has 0 aliphatic heterocycles. The molecule has 2 nitrogen and oxygen atoms in total. The summed E-state index contributed by atoms with van der Waals surface area (Å²) in [5.41, 5.74) is 1.85. The van der Waals surface area contributed by atoms with Crippen molar-refractivity contribution in [3.8, 4) is 0 Å². The molecule has 0 aromatic heterocycles. The summed E-state index contributed by atoms with van der Waals surface area (Å²) < 4.78 is 1.06. The molecule has 110 valence electrons. The SMILES string of the molecule is CC(C(=O)c1ccc(Cl)cc1)N(C)Cc1ccccc1Br. The van der Waals surface area contributed by atoms with Crippen LogP contribution >= 0.6 is 27.5 Å². The second kappa shape index (κ2) is 7.21. The summed E-state index contributed by atoms with van der Waals surface area (Å²) in [6, 6.07) is 14.9. The zero-order valence-corrected chi connectivity index (χ0v) is 14.4. The van der Waals surface area contributed by atoms with Gasteiger partial charge in [0.2, 0.25) is 0 Å². The first kappa shape index (κ1) is 16.2. The lowest BCUT2D eigenvalue weighted by Gasteiger charge is -2.24. The van der Waals surface area contributed by atoms with E-state index in [1.54, 1.807) is 24.3 Å². The Bertz CT molecular complexity index is 627. The molecule has 0 radical (unpaired) electrons. The highest BCUT2D eigenvalue weighted by Crippen LogP contribution is 2.19. The monoisotopic (exact) mass is 365 g/mol. The van der Waals surface area contributed by atoms with Gasteiger partial charge in [0.25, 0.3) is 0 Å². The maximum absolute atomic E-state index is 12.5. The van der Waals surface area contributed by atoms with E-state index in [2.05, 4.69) is 22.0 Å². The molecular formula is C17H17BrClNO. The van der Waals surface area contributed by atoms with Gasteiger partial charge in [-0.25, -0.2) is 0 Å². The fourth-order valence-electron chi connectivity index (χ4n) is 2.09. The summed E-state index contributed by atoms with van der Waals surface area (Å²) in [5, 5.41) is 0.640. The summed E-state index contributed by atoms with van der Waals surface area (Å²) in [5.74, 6) is 0.0984. The fraction of sp³-hybridized carbons (Fsp3) is 0.235. The van der Waals surface area contributed by atoms with Crippen molar-refractivity contribution in [3.05, 3.63) is 69.2 Å². The van der Waals surface area contributed by atoms with Crippen LogP contribution in [0.2, 0.25) is 5.02 Å². The Balaban J connectivity index is 2.08. The highest BCUT2D eigenvalue weighted by molar-refractivity contribution is 9.10. The van der Waals surface area contributed by atoms with Crippen LogP contribution in [-0.4, -0.2) is 23.8 Å². The van der Waals surface area contributed by atoms with E-state index in [1.807, 2.05) is 37.1 Å². The number of carbonyl (C=O) groups excluding carboxylic acids is 1. The summed E-state index contributed by atoms with van der Waals surface area (Å²) >= 11 is 9.39. The molecule has 0 aliphatic rings. The number of carbonyl (C=O) groups is 1. The van der Waals surface area contributed by atoms with Crippen LogP contribution in [0.25, 0.3) is 0 Å². The first-order valence-electron chi connectivity index (χ1n) is 6.72. The van der Waals surface area contributed by atoms with Gasteiger partial charge in [0, 0.05) is 21.6 Å². The molecule has 2 aromatic carbocycles. The van der Waals surface area contributed by atoms with Crippen molar-refractivity contribution >= 4 is 33.3 Å². The van der Waals surface area contributed by atoms with Crippen molar-refractivity contribution in [1.29, 1.82) is 0 Å². The number of ketones is 1. The largest absolute Gasteiger partial charge is 0.292 e. The van der Waals surface area contributed by atoms with Crippen LogP contribution in [-0.2, 0) is 6.54 Å². The molecule has 1 atom stereocenters. The lowest BCUT2D eigenvalue weighted by atomic mass is 10.0. The second-order valence-corrected chi connectivity index (χ2v) is 6.34. The van der Waals surface area contributed by atoms with Crippen molar-refractivity contribution in [1.82, 2.24) is 4.90 Å². The smallest absolute Gasteiger partial charge is 0.179 e. The maximum atomic E-state index is 12.5. The number of rotatable bonds is 5. The minimum Gasteiger partial charge on any atom is -0.292 e. The van der Waals surface area contributed by atoms with E-state index in [9.17, 15) is 4.79 Å². The van der Waals surface area contributed by atoms with E-state index in [-0.39, 0.29) is 11.8 Å². The van der Waals surface area contributed by atoms with Crippen LogP contribution in [0.4, 0.5) is 0 Å². The van der Waals surface area contributed by atoms with Gasteiger partial charge in [-0.2, -0.15) is 0 Å². The Kier molecular flexibility index (Phi) is 5.57. The molecule has 0 amide bonds. The molecule has 2 aromatic rings. The Morgan fingerprint density at radius 3 is 2.43 bits per heavy atom. The minimum absolute atomic E-state index is 0.0984. The number of Topliss-reactive ketones (excluding diaryl/α,β-unsaturated/α-hetero) is 1. The molecule has 2 rings (SSSR count). The number of benzene rings is 2. The Hall–Kier alpha value is -1.16. The number of hydrogen-bond donors (Lipinski definition) is 0. The standard InChI is InChI=1S/C17H17BrClNO/c1-12(17(21)13-7-9-15(19)10-8-13)20(2)11-14-5-3-4-6-16(14)18/h3-10,12H,11H2,1-2H3. The molecule has 0 N–H and O–H groups in total. The van der Waals surface area contributed by atoms with E-state index < -0.39 is 0 Å². The summed E-state index contributed by atoms with van der Waals surface area (Å²) in [7, 11) is 1.96. The number of hydrogen-bond acceptors (Lipinski definition) is 2. The lowest BCUT2D eigenvalue weighted by Crippen LogP contribution is -2.35. The van der Waals surface area contributed by atoms with Crippen LogP contribution in [0.5, 0.6) is 0 Å². The topological polar surface area (TPSA) is 20.3 Å². The van der Waals surface area contributed by atoms with Gasteiger partial charge in [-0.15, -0.1) is 0 Å². The third kappa shape index (κ3) is 4.16. The molecule has 4 heteroatoms. The quantitative estimate of drug-likeness (QED) is 0.708. The second-order valence-electron chi connectivity index (χ2n) is 5.05. The van der Waals surface area contributed by atoms with Crippen LogP contribution in [0.1, 0.15) is 22.8 Å². The minimum atomic E-state index is -0.196. The van der Waals surface area contributed by atoms with Gasteiger partial charge in [-0.3, -0.25) is 9.69 Å². The molecule has 0 heterocycles. The first-order valence-corrected chi connectivity index (χ1v) is 7.89. The molecule has 0 bridgehead atoms. The fourth-order valence-corrected chi connectivity index (χ4v) is 2.62.